The molecular weight excluding hydrogens is 513 g/mol. The van der Waals surface area contributed by atoms with E-state index in [1.165, 1.54) is 6.33 Å². The van der Waals surface area contributed by atoms with E-state index in [0.717, 1.165) is 0 Å². The van der Waals surface area contributed by atoms with Crippen LogP contribution in [0.3, 0.4) is 0 Å². The molecule has 0 radical (unpaired) electrons. The monoisotopic (exact) mass is 547 g/mol. The Morgan fingerprint density at radius 2 is 2.00 bits per heavy atom. The zero-order valence-electron chi connectivity index (χ0n) is 22.1. The Morgan fingerprint density at radius 1 is 1.29 bits per heavy atom. The maximum absolute atomic E-state index is 14.1. The van der Waals surface area contributed by atoms with Gasteiger partial charge in [0, 0.05) is 6.42 Å². The fraction of sp³-hybridized carbons (Fsp3) is 0.520. The minimum atomic E-state index is -3.95. The summed E-state index contributed by atoms with van der Waals surface area (Å²) in [7, 11) is -3.95. The van der Waals surface area contributed by atoms with Crippen LogP contribution in [0.4, 0.5) is 5.82 Å². The van der Waals surface area contributed by atoms with Gasteiger partial charge in [-0.1, -0.05) is 25.1 Å². The normalized spacial score (nSPS) is 22.2. The molecule has 1 fully saturated rings. The van der Waals surface area contributed by atoms with Crippen molar-refractivity contribution in [3.63, 3.8) is 0 Å². The number of benzene rings is 1. The third kappa shape index (κ3) is 6.50. The van der Waals surface area contributed by atoms with Crippen molar-refractivity contribution in [1.29, 1.82) is 0 Å². The molecule has 4 rings (SSSR count). The molecule has 38 heavy (non-hydrogen) atoms. The zero-order chi connectivity index (χ0) is 27.7. The molecule has 5 atom stereocenters. The van der Waals surface area contributed by atoms with Gasteiger partial charge in [0.15, 0.2) is 11.5 Å². The Kier molecular flexibility index (Phi) is 8.08. The van der Waals surface area contributed by atoms with E-state index in [9.17, 15) is 14.5 Å². The number of nitrogen functional groups attached to an aromatic ring is 1. The number of imidazole rings is 1. The summed E-state index contributed by atoms with van der Waals surface area (Å²) in [5.74, 6) is -0.262. The van der Waals surface area contributed by atoms with Crippen LogP contribution in [0.5, 0.6) is 5.75 Å². The Balaban J connectivity index is 1.58. The molecule has 1 aliphatic heterocycles. The van der Waals surface area contributed by atoms with Gasteiger partial charge in [-0.2, -0.15) is 0 Å². The summed E-state index contributed by atoms with van der Waals surface area (Å²) in [6, 6.07) is 8.57. The number of rotatable bonds is 9. The van der Waals surface area contributed by atoms with E-state index in [1.54, 1.807) is 69.5 Å². The molecule has 1 unspecified atom stereocenters. The van der Waals surface area contributed by atoms with Crippen molar-refractivity contribution < 1.29 is 33.0 Å². The summed E-state index contributed by atoms with van der Waals surface area (Å²) in [5, 5.41) is 10.1. The van der Waals surface area contributed by atoms with Gasteiger partial charge in [-0.3, -0.25) is 13.9 Å². The van der Waals surface area contributed by atoms with Gasteiger partial charge in [-0.15, -0.1) is 0 Å². The molecule has 0 amide bonds. The van der Waals surface area contributed by atoms with Crippen molar-refractivity contribution in [1.82, 2.24) is 19.5 Å². The van der Waals surface area contributed by atoms with Crippen molar-refractivity contribution in [2.75, 3.05) is 18.5 Å². The highest BCUT2D eigenvalue weighted by Gasteiger charge is 2.44. The molecule has 206 valence electrons. The molecule has 13 heteroatoms. The molecule has 2 aromatic heterocycles. The molecule has 1 saturated heterocycles. The molecular formula is C25H34N5O7P. The zero-order valence-corrected chi connectivity index (χ0v) is 23.0. The number of nitrogens with zero attached hydrogens (tertiary/aromatic N) is 4. The second-order valence-electron chi connectivity index (χ2n) is 10.3. The predicted molar refractivity (Wildman–Crippen MR) is 140 cm³/mol. The molecule has 3 N–H and O–H groups in total. The van der Waals surface area contributed by atoms with Crippen molar-refractivity contribution in [2.45, 2.75) is 65.1 Å². The van der Waals surface area contributed by atoms with E-state index in [1.807, 2.05) is 0 Å². The molecule has 0 saturated carbocycles. The van der Waals surface area contributed by atoms with Gasteiger partial charge in [0.05, 0.1) is 25.0 Å². The first-order valence-electron chi connectivity index (χ1n) is 12.4. The molecule has 0 bridgehead atoms. The van der Waals surface area contributed by atoms with E-state index in [4.69, 9.17) is 24.3 Å². The minimum Gasteiger partial charge on any atom is -0.460 e. The smallest absolute Gasteiger partial charge is 0.380 e. The SMILES string of the molecule is Cc1nc(N)c2ncn([C@H]3C[C@@H](OP(=O)(C[C@@H](C)C(=O)OC(C)(C)C)Oc4ccccc4)[C@@H](CO)O3)c2n1. The number of carbonyl (C=O) groups excluding carboxylic acids is 1. The lowest BCUT2D eigenvalue weighted by Crippen LogP contribution is -2.31. The summed E-state index contributed by atoms with van der Waals surface area (Å²) < 4.78 is 39.3. The number of hydrogen-bond donors (Lipinski definition) is 2. The van der Waals surface area contributed by atoms with Crippen LogP contribution in [0.15, 0.2) is 36.7 Å². The van der Waals surface area contributed by atoms with Gasteiger partial charge >= 0.3 is 13.6 Å². The Bertz CT molecular complexity index is 1330. The molecule has 3 aromatic rings. The van der Waals surface area contributed by atoms with Crippen molar-refractivity contribution >= 4 is 30.5 Å². The first kappa shape index (κ1) is 28.0. The highest BCUT2D eigenvalue weighted by molar-refractivity contribution is 7.54. The van der Waals surface area contributed by atoms with Gasteiger partial charge in [0.25, 0.3) is 0 Å². The average molecular weight is 548 g/mol. The second kappa shape index (κ2) is 11.0. The number of para-hydroxylation sites is 1. The van der Waals surface area contributed by atoms with Crippen LogP contribution in [0.25, 0.3) is 11.2 Å². The lowest BCUT2D eigenvalue weighted by molar-refractivity contribution is -0.158. The number of anilines is 1. The summed E-state index contributed by atoms with van der Waals surface area (Å²) in [4.78, 5) is 25.5. The Morgan fingerprint density at radius 3 is 2.66 bits per heavy atom. The van der Waals surface area contributed by atoms with E-state index < -0.39 is 50.1 Å². The van der Waals surface area contributed by atoms with Gasteiger partial charge in [0.1, 0.15) is 41.1 Å². The number of aryl methyl sites for hydroxylation is 1. The van der Waals surface area contributed by atoms with Crippen LogP contribution < -0.4 is 10.3 Å². The summed E-state index contributed by atoms with van der Waals surface area (Å²) in [6.45, 7) is 8.21. The Labute approximate surface area is 221 Å². The molecule has 1 aromatic carbocycles. The fourth-order valence-electron chi connectivity index (χ4n) is 4.17. The van der Waals surface area contributed by atoms with Crippen molar-refractivity contribution in [3.8, 4) is 5.75 Å². The van der Waals surface area contributed by atoms with Crippen molar-refractivity contribution in [2.24, 2.45) is 5.92 Å². The lowest BCUT2D eigenvalue weighted by atomic mass is 10.1. The first-order chi connectivity index (χ1) is 17.9. The number of aliphatic hydroxyl groups is 1. The lowest BCUT2D eigenvalue weighted by Gasteiger charge is -2.27. The topological polar surface area (TPSA) is 161 Å². The van der Waals surface area contributed by atoms with Gasteiger partial charge in [-0.05, 0) is 39.8 Å². The molecule has 12 nitrogen and oxygen atoms in total. The van der Waals surface area contributed by atoms with Gasteiger partial charge in [-0.25, -0.2) is 19.5 Å². The molecule has 0 aliphatic carbocycles. The minimum absolute atomic E-state index is 0.211. The summed E-state index contributed by atoms with van der Waals surface area (Å²) in [5.41, 5.74) is 6.18. The molecule has 3 heterocycles. The number of esters is 1. The van der Waals surface area contributed by atoms with Crippen LogP contribution in [-0.4, -0.2) is 61.2 Å². The van der Waals surface area contributed by atoms with Crippen LogP contribution in [0.1, 0.15) is 46.2 Å². The highest BCUT2D eigenvalue weighted by atomic mass is 31.2. The molecule has 0 spiro atoms. The van der Waals surface area contributed by atoms with E-state index in [0.29, 0.717) is 22.7 Å². The predicted octanol–water partition coefficient (Wildman–Crippen LogP) is 3.63. The number of carbonyl (C=O) groups is 1. The van der Waals surface area contributed by atoms with E-state index in [2.05, 4.69) is 15.0 Å². The average Bonchev–Trinajstić information content (AvgIpc) is 3.42. The number of ether oxygens (including phenoxy) is 2. The third-order valence-corrected chi connectivity index (χ3v) is 7.90. The quantitative estimate of drug-likeness (QED) is 0.297. The van der Waals surface area contributed by atoms with Crippen LogP contribution >= 0.6 is 7.60 Å². The number of hydrogen-bond acceptors (Lipinski definition) is 11. The van der Waals surface area contributed by atoms with E-state index >= 15 is 0 Å². The Hall–Kier alpha value is -3.05. The number of aliphatic hydroxyl groups excluding tert-OH is 1. The van der Waals surface area contributed by atoms with E-state index in [-0.39, 0.29) is 18.4 Å². The first-order valence-corrected chi connectivity index (χ1v) is 14.1. The summed E-state index contributed by atoms with van der Waals surface area (Å²) >= 11 is 0. The largest absolute Gasteiger partial charge is 0.460 e. The van der Waals surface area contributed by atoms with Gasteiger partial charge < -0.3 is 24.8 Å². The van der Waals surface area contributed by atoms with Crippen LogP contribution in [0, 0.1) is 12.8 Å². The molecule has 1 aliphatic rings. The number of fused-ring (bicyclic) bond motifs is 1. The van der Waals surface area contributed by atoms with Gasteiger partial charge in [0.2, 0.25) is 0 Å². The summed E-state index contributed by atoms with van der Waals surface area (Å²) in [6.07, 6.45) is -0.758. The third-order valence-electron chi connectivity index (χ3n) is 5.82. The standard InChI is InChI=1S/C25H34N5O7P/c1-15(24(32)35-25(3,4)5)13-38(33,36-17-9-7-6-8-10-17)37-18-11-20(34-19(18)12-31)30-14-27-21-22(26)28-16(2)29-23(21)30/h6-10,14-15,18-20,31H,11-13H2,1-5H3,(H2,26,28,29)/t15-,18-,19-,20-,38?/m1/s1. The maximum atomic E-state index is 14.1. The van der Waals surface area contributed by atoms with Crippen molar-refractivity contribution in [3.05, 3.63) is 42.5 Å². The number of aromatic nitrogens is 4. The maximum Gasteiger partial charge on any atom is 0.380 e. The number of nitrogens with two attached hydrogens (primary N) is 1. The second-order valence-corrected chi connectivity index (χ2v) is 12.3. The van der Waals surface area contributed by atoms with Crippen LogP contribution in [0.2, 0.25) is 0 Å². The fourth-order valence-corrected chi connectivity index (χ4v) is 6.27. The van der Waals surface area contributed by atoms with Crippen LogP contribution in [-0.2, 0) is 23.4 Å². The highest BCUT2D eigenvalue weighted by Crippen LogP contribution is 2.53.